The van der Waals surface area contributed by atoms with Gasteiger partial charge in [0.1, 0.15) is 5.75 Å². The number of hydrogen-bond acceptors (Lipinski definition) is 3. The van der Waals surface area contributed by atoms with E-state index < -0.39 is 0 Å². The average Bonchev–Trinajstić information content (AvgIpc) is 2.01. The van der Waals surface area contributed by atoms with Gasteiger partial charge in [-0.2, -0.15) is 0 Å². The van der Waals surface area contributed by atoms with Crippen molar-refractivity contribution in [2.24, 2.45) is 0 Å². The molecule has 5 heteroatoms. The van der Waals surface area contributed by atoms with Crippen molar-refractivity contribution < 1.29 is 14.7 Å². The van der Waals surface area contributed by atoms with Crippen LogP contribution < -0.4 is 5.32 Å². The summed E-state index contributed by atoms with van der Waals surface area (Å²) < 4.78 is 0. The standard InChI is InChI=1S/C9H8ClNO3/c1-5(13)11-8-2-6(10)3-9(14)7(8)4-12/h2-4,14H,1H3,(H,11,13). The molecule has 0 aromatic heterocycles. The zero-order chi connectivity index (χ0) is 10.7. The Bertz CT molecular complexity index is 390. The highest BCUT2D eigenvalue weighted by Gasteiger charge is 2.09. The van der Waals surface area contributed by atoms with Crippen LogP contribution in [-0.2, 0) is 4.79 Å². The number of amides is 1. The third-order valence-corrected chi connectivity index (χ3v) is 1.77. The van der Waals surface area contributed by atoms with E-state index in [0.717, 1.165) is 0 Å². The molecule has 0 bridgehead atoms. The molecule has 0 radical (unpaired) electrons. The summed E-state index contributed by atoms with van der Waals surface area (Å²) >= 11 is 5.64. The van der Waals surface area contributed by atoms with Crippen molar-refractivity contribution in [1.29, 1.82) is 0 Å². The SMILES string of the molecule is CC(=O)Nc1cc(Cl)cc(O)c1C=O. The van der Waals surface area contributed by atoms with Gasteiger partial charge < -0.3 is 10.4 Å². The van der Waals surface area contributed by atoms with Gasteiger partial charge >= 0.3 is 0 Å². The first-order valence-electron chi connectivity index (χ1n) is 3.80. The smallest absolute Gasteiger partial charge is 0.221 e. The first-order valence-corrected chi connectivity index (χ1v) is 4.17. The van der Waals surface area contributed by atoms with Crippen LogP contribution in [0.15, 0.2) is 12.1 Å². The number of phenols is 1. The Morgan fingerprint density at radius 2 is 2.21 bits per heavy atom. The maximum Gasteiger partial charge on any atom is 0.221 e. The molecule has 0 atom stereocenters. The van der Waals surface area contributed by atoms with Crippen molar-refractivity contribution in [3.05, 3.63) is 22.7 Å². The lowest BCUT2D eigenvalue weighted by atomic mass is 10.1. The maximum absolute atomic E-state index is 10.8. The van der Waals surface area contributed by atoms with Crippen molar-refractivity contribution in [2.45, 2.75) is 6.92 Å². The summed E-state index contributed by atoms with van der Waals surface area (Å²) in [4.78, 5) is 21.3. The minimum Gasteiger partial charge on any atom is -0.507 e. The Morgan fingerprint density at radius 1 is 1.57 bits per heavy atom. The summed E-state index contributed by atoms with van der Waals surface area (Å²) in [6.07, 6.45) is 0.455. The van der Waals surface area contributed by atoms with Crippen molar-refractivity contribution in [3.63, 3.8) is 0 Å². The summed E-state index contributed by atoms with van der Waals surface area (Å²) in [5.41, 5.74) is 0.224. The van der Waals surface area contributed by atoms with E-state index in [0.29, 0.717) is 6.29 Å². The molecule has 0 unspecified atom stereocenters. The Balaban J connectivity index is 3.24. The van der Waals surface area contributed by atoms with Gasteiger partial charge in [-0.3, -0.25) is 9.59 Å². The predicted octanol–water partition coefficient (Wildman–Crippen LogP) is 1.82. The van der Waals surface area contributed by atoms with E-state index in [2.05, 4.69) is 5.32 Å². The second kappa shape index (κ2) is 4.11. The fraction of sp³-hybridized carbons (Fsp3) is 0.111. The maximum atomic E-state index is 10.8. The highest BCUT2D eigenvalue weighted by Crippen LogP contribution is 2.28. The molecule has 0 aliphatic carbocycles. The van der Waals surface area contributed by atoms with E-state index in [9.17, 15) is 14.7 Å². The van der Waals surface area contributed by atoms with Crippen LogP contribution in [0.5, 0.6) is 5.75 Å². The lowest BCUT2D eigenvalue weighted by Crippen LogP contribution is -2.08. The van der Waals surface area contributed by atoms with Crippen molar-refractivity contribution >= 4 is 29.5 Å². The summed E-state index contributed by atoms with van der Waals surface area (Å²) in [7, 11) is 0. The minimum atomic E-state index is -0.338. The molecule has 1 aromatic rings. The molecule has 0 fully saturated rings. The number of halogens is 1. The highest BCUT2D eigenvalue weighted by molar-refractivity contribution is 6.31. The van der Waals surface area contributed by atoms with Crippen LogP contribution in [0.3, 0.4) is 0 Å². The Hall–Kier alpha value is -1.55. The number of benzene rings is 1. The molecule has 0 heterocycles. The lowest BCUT2D eigenvalue weighted by molar-refractivity contribution is -0.114. The van der Waals surface area contributed by atoms with Gasteiger partial charge in [0.25, 0.3) is 0 Å². The van der Waals surface area contributed by atoms with Gasteiger partial charge in [-0.25, -0.2) is 0 Å². The quantitative estimate of drug-likeness (QED) is 0.737. The van der Waals surface area contributed by atoms with Gasteiger partial charge in [0.05, 0.1) is 11.3 Å². The molecule has 0 spiro atoms. The fourth-order valence-corrected chi connectivity index (χ4v) is 1.23. The third kappa shape index (κ3) is 2.23. The molecule has 74 valence electrons. The number of phenolic OH excluding ortho intramolecular Hbond substituents is 1. The molecule has 1 aromatic carbocycles. The third-order valence-electron chi connectivity index (χ3n) is 1.55. The number of rotatable bonds is 2. The van der Waals surface area contributed by atoms with Crippen molar-refractivity contribution in [1.82, 2.24) is 0 Å². The first-order chi connectivity index (χ1) is 6.54. The van der Waals surface area contributed by atoms with Crippen LogP contribution in [0.1, 0.15) is 17.3 Å². The average molecular weight is 214 g/mol. The molecule has 1 amide bonds. The van der Waals surface area contributed by atoms with Gasteiger partial charge in [-0.05, 0) is 12.1 Å². The van der Waals surface area contributed by atoms with Crippen LogP contribution in [0, 0.1) is 0 Å². The van der Waals surface area contributed by atoms with Crippen LogP contribution in [0.2, 0.25) is 5.02 Å². The largest absolute Gasteiger partial charge is 0.507 e. The van der Waals surface area contributed by atoms with Gasteiger partial charge in [0.15, 0.2) is 6.29 Å². The molecule has 4 nitrogen and oxygen atoms in total. The van der Waals surface area contributed by atoms with Crippen LogP contribution >= 0.6 is 11.6 Å². The van der Waals surface area contributed by atoms with E-state index in [4.69, 9.17) is 11.6 Å². The van der Waals surface area contributed by atoms with Crippen LogP contribution in [-0.4, -0.2) is 17.3 Å². The molecule has 0 saturated carbocycles. The van der Waals surface area contributed by atoms with E-state index >= 15 is 0 Å². The number of hydrogen-bond donors (Lipinski definition) is 2. The second-order valence-electron chi connectivity index (χ2n) is 2.69. The molecule has 1 rings (SSSR count). The second-order valence-corrected chi connectivity index (χ2v) is 3.12. The van der Waals surface area contributed by atoms with Gasteiger partial charge in [0, 0.05) is 11.9 Å². The molecule has 0 aliphatic rings. The Kier molecular flexibility index (Phi) is 3.09. The molecule has 14 heavy (non-hydrogen) atoms. The van der Waals surface area contributed by atoms with Crippen molar-refractivity contribution in [2.75, 3.05) is 5.32 Å². The monoisotopic (exact) mass is 213 g/mol. The van der Waals surface area contributed by atoms with Gasteiger partial charge in [-0.15, -0.1) is 0 Å². The number of aldehydes is 1. The fourth-order valence-electron chi connectivity index (χ4n) is 1.02. The zero-order valence-corrected chi connectivity index (χ0v) is 8.13. The highest BCUT2D eigenvalue weighted by atomic mass is 35.5. The molecule has 2 N–H and O–H groups in total. The van der Waals surface area contributed by atoms with Crippen LogP contribution in [0.25, 0.3) is 0 Å². The zero-order valence-electron chi connectivity index (χ0n) is 7.37. The van der Waals surface area contributed by atoms with E-state index in [1.54, 1.807) is 0 Å². The topological polar surface area (TPSA) is 66.4 Å². The molecule has 0 saturated heterocycles. The molecular formula is C9H8ClNO3. The van der Waals surface area contributed by atoms with Gasteiger partial charge in [-0.1, -0.05) is 11.6 Å². The number of nitrogens with one attached hydrogen (secondary N) is 1. The summed E-state index contributed by atoms with van der Waals surface area (Å²) in [5.74, 6) is -0.592. The lowest BCUT2D eigenvalue weighted by Gasteiger charge is -2.07. The summed E-state index contributed by atoms with van der Waals surface area (Å²) in [6, 6.07) is 2.63. The predicted molar refractivity (Wildman–Crippen MR) is 52.8 cm³/mol. The van der Waals surface area contributed by atoms with Crippen molar-refractivity contribution in [3.8, 4) is 5.75 Å². The van der Waals surface area contributed by atoms with E-state index in [1.807, 2.05) is 0 Å². The molecular weight excluding hydrogens is 206 g/mol. The Morgan fingerprint density at radius 3 is 2.71 bits per heavy atom. The summed E-state index contributed by atoms with van der Waals surface area (Å²) in [6.45, 7) is 1.30. The van der Waals surface area contributed by atoms with Crippen LogP contribution in [0.4, 0.5) is 5.69 Å². The molecule has 0 aliphatic heterocycles. The number of carbonyl (C=O) groups excluding carboxylic acids is 2. The number of aromatic hydroxyl groups is 1. The first kappa shape index (κ1) is 10.5. The normalized spacial score (nSPS) is 9.57. The number of anilines is 1. The number of carbonyl (C=O) groups is 2. The van der Waals surface area contributed by atoms with E-state index in [1.165, 1.54) is 19.1 Å². The summed E-state index contributed by atoms with van der Waals surface area (Å²) in [5, 5.41) is 12.0. The minimum absolute atomic E-state index is 0.0181. The van der Waals surface area contributed by atoms with E-state index in [-0.39, 0.29) is 27.9 Å². The van der Waals surface area contributed by atoms with Gasteiger partial charge in [0.2, 0.25) is 5.91 Å². The Labute approximate surface area is 85.5 Å².